The highest BCUT2D eigenvalue weighted by molar-refractivity contribution is 9.10. The van der Waals surface area contributed by atoms with Crippen LogP contribution >= 0.6 is 15.9 Å². The molecule has 3 aromatic rings. The first kappa shape index (κ1) is 13.7. The van der Waals surface area contributed by atoms with E-state index < -0.39 is 5.97 Å². The highest BCUT2D eigenvalue weighted by atomic mass is 79.9. The van der Waals surface area contributed by atoms with Crippen LogP contribution in [-0.2, 0) is 6.61 Å². The lowest BCUT2D eigenvalue weighted by atomic mass is 10.2. The van der Waals surface area contributed by atoms with Gasteiger partial charge in [0.05, 0.1) is 4.47 Å². The lowest BCUT2D eigenvalue weighted by Gasteiger charge is -2.06. The maximum Gasteiger partial charge on any atom is 0.353 e. The smallest absolute Gasteiger partial charge is 0.353 e. The summed E-state index contributed by atoms with van der Waals surface area (Å²) < 4.78 is 6.28. The van der Waals surface area contributed by atoms with Gasteiger partial charge in [0.25, 0.3) is 0 Å². The van der Waals surface area contributed by atoms with Crippen molar-refractivity contribution in [3.63, 3.8) is 0 Å². The van der Waals surface area contributed by atoms with Crippen LogP contribution in [0.25, 0.3) is 10.9 Å². The molecule has 2 aromatic carbocycles. The van der Waals surface area contributed by atoms with Gasteiger partial charge in [0, 0.05) is 10.9 Å². The van der Waals surface area contributed by atoms with Crippen LogP contribution < -0.4 is 4.74 Å². The van der Waals surface area contributed by atoms with E-state index in [1.54, 1.807) is 0 Å². The van der Waals surface area contributed by atoms with Crippen molar-refractivity contribution in [3.8, 4) is 5.75 Å². The van der Waals surface area contributed by atoms with Crippen molar-refractivity contribution in [2.75, 3.05) is 0 Å². The molecule has 106 valence electrons. The molecule has 0 radical (unpaired) electrons. The summed E-state index contributed by atoms with van der Waals surface area (Å²) in [4.78, 5) is 14.0. The van der Waals surface area contributed by atoms with Gasteiger partial charge < -0.3 is 14.8 Å². The van der Waals surface area contributed by atoms with Gasteiger partial charge in [0.15, 0.2) is 0 Å². The monoisotopic (exact) mass is 345 g/mol. The number of aromatic carboxylic acids is 1. The number of H-pyrrole nitrogens is 1. The van der Waals surface area contributed by atoms with E-state index in [1.807, 2.05) is 48.5 Å². The number of nitrogens with one attached hydrogen (secondary N) is 1. The normalized spacial score (nSPS) is 10.7. The Bertz CT molecular complexity index is 796. The minimum absolute atomic E-state index is 0.144. The Morgan fingerprint density at radius 1 is 1.19 bits per heavy atom. The molecule has 0 spiro atoms. The molecule has 0 bridgehead atoms. The van der Waals surface area contributed by atoms with Gasteiger partial charge in [-0.1, -0.05) is 30.3 Å². The Labute approximate surface area is 129 Å². The molecule has 2 N–H and O–H groups in total. The molecule has 4 nitrogen and oxygen atoms in total. The second kappa shape index (κ2) is 5.61. The second-order valence-corrected chi connectivity index (χ2v) is 5.39. The summed E-state index contributed by atoms with van der Waals surface area (Å²) in [7, 11) is 0. The Morgan fingerprint density at radius 3 is 2.67 bits per heavy atom. The molecule has 0 saturated carbocycles. The number of halogens is 1. The fraction of sp³-hybridized carbons (Fsp3) is 0.0625. The minimum atomic E-state index is -0.996. The number of carbonyl (C=O) groups is 1. The zero-order valence-electron chi connectivity index (χ0n) is 11.0. The van der Waals surface area contributed by atoms with E-state index in [9.17, 15) is 4.79 Å². The van der Waals surface area contributed by atoms with E-state index in [2.05, 4.69) is 20.9 Å². The van der Waals surface area contributed by atoms with Crippen LogP contribution in [-0.4, -0.2) is 16.1 Å². The Balaban J connectivity index is 1.87. The third kappa shape index (κ3) is 2.78. The van der Waals surface area contributed by atoms with Gasteiger partial charge in [-0.2, -0.15) is 0 Å². The average Bonchev–Trinajstić information content (AvgIpc) is 2.83. The van der Waals surface area contributed by atoms with Crippen molar-refractivity contribution in [2.24, 2.45) is 0 Å². The summed E-state index contributed by atoms with van der Waals surface area (Å²) in [6, 6.07) is 15.3. The maximum absolute atomic E-state index is 11.1. The molecule has 21 heavy (non-hydrogen) atoms. The van der Waals surface area contributed by atoms with Crippen molar-refractivity contribution in [1.82, 2.24) is 4.98 Å². The largest absolute Gasteiger partial charge is 0.489 e. The molecule has 0 fully saturated rings. The first-order valence-corrected chi connectivity index (χ1v) is 7.15. The van der Waals surface area contributed by atoms with Gasteiger partial charge in [0.2, 0.25) is 0 Å². The number of aromatic nitrogens is 1. The van der Waals surface area contributed by atoms with Gasteiger partial charge in [0.1, 0.15) is 18.1 Å². The summed E-state index contributed by atoms with van der Waals surface area (Å²) in [5, 5.41) is 9.89. The summed E-state index contributed by atoms with van der Waals surface area (Å²) in [5.74, 6) is -0.298. The number of fused-ring (bicyclic) bond motifs is 1. The quantitative estimate of drug-likeness (QED) is 0.744. The van der Waals surface area contributed by atoms with Gasteiger partial charge in [-0.25, -0.2) is 4.79 Å². The summed E-state index contributed by atoms with van der Waals surface area (Å²) in [6.07, 6.45) is 0. The maximum atomic E-state index is 11.1. The fourth-order valence-electron chi connectivity index (χ4n) is 2.12. The molecule has 0 aliphatic heterocycles. The predicted octanol–water partition coefficient (Wildman–Crippen LogP) is 4.21. The number of carboxylic acid groups (broad SMARTS) is 1. The number of benzene rings is 2. The molecule has 0 unspecified atom stereocenters. The number of ether oxygens (including phenoxy) is 1. The third-order valence-electron chi connectivity index (χ3n) is 3.17. The third-order valence-corrected chi connectivity index (χ3v) is 3.99. The van der Waals surface area contributed by atoms with Gasteiger partial charge in [-0.05, 0) is 39.7 Å². The number of carboxylic acids is 1. The van der Waals surface area contributed by atoms with Gasteiger partial charge in [-0.3, -0.25) is 0 Å². The highest BCUT2D eigenvalue weighted by Gasteiger charge is 2.15. The average molecular weight is 346 g/mol. The topological polar surface area (TPSA) is 62.3 Å². The van der Waals surface area contributed by atoms with E-state index in [-0.39, 0.29) is 5.69 Å². The number of hydrogen-bond acceptors (Lipinski definition) is 2. The van der Waals surface area contributed by atoms with Crippen molar-refractivity contribution >= 4 is 32.8 Å². The summed E-state index contributed by atoms with van der Waals surface area (Å²) >= 11 is 3.31. The number of aromatic amines is 1. The van der Waals surface area contributed by atoms with Crippen LogP contribution in [0.4, 0.5) is 0 Å². The van der Waals surface area contributed by atoms with Crippen molar-refractivity contribution < 1.29 is 14.6 Å². The molecule has 0 atom stereocenters. The van der Waals surface area contributed by atoms with Crippen molar-refractivity contribution in [1.29, 1.82) is 0 Å². The Hall–Kier alpha value is -2.27. The Kier molecular flexibility index (Phi) is 3.66. The molecule has 0 amide bonds. The first-order chi connectivity index (χ1) is 10.1. The van der Waals surface area contributed by atoms with E-state index in [1.165, 1.54) is 0 Å². The van der Waals surface area contributed by atoms with Crippen LogP contribution in [0.2, 0.25) is 0 Å². The minimum Gasteiger partial charge on any atom is -0.489 e. The molecule has 1 heterocycles. The molecular formula is C16H12BrNO3. The summed E-state index contributed by atoms with van der Waals surface area (Å²) in [6.45, 7) is 0.472. The van der Waals surface area contributed by atoms with Crippen LogP contribution in [0.1, 0.15) is 16.1 Å². The van der Waals surface area contributed by atoms with E-state index in [0.717, 1.165) is 16.5 Å². The van der Waals surface area contributed by atoms with Gasteiger partial charge >= 0.3 is 5.97 Å². The van der Waals surface area contributed by atoms with Crippen LogP contribution in [0.3, 0.4) is 0 Å². The predicted molar refractivity (Wildman–Crippen MR) is 83.7 cm³/mol. The van der Waals surface area contributed by atoms with Crippen LogP contribution in [0.5, 0.6) is 5.75 Å². The van der Waals surface area contributed by atoms with E-state index >= 15 is 0 Å². The van der Waals surface area contributed by atoms with E-state index in [4.69, 9.17) is 9.84 Å². The molecule has 5 heteroatoms. The molecule has 3 rings (SSSR count). The Morgan fingerprint density at radius 2 is 1.95 bits per heavy atom. The number of hydrogen-bond donors (Lipinski definition) is 2. The lowest BCUT2D eigenvalue weighted by molar-refractivity contribution is 0.0690. The van der Waals surface area contributed by atoms with Gasteiger partial charge in [-0.15, -0.1) is 0 Å². The first-order valence-electron chi connectivity index (χ1n) is 6.36. The zero-order valence-corrected chi connectivity index (χ0v) is 12.6. The molecular weight excluding hydrogens is 334 g/mol. The number of rotatable bonds is 4. The molecule has 0 aliphatic carbocycles. The van der Waals surface area contributed by atoms with Crippen LogP contribution in [0.15, 0.2) is 53.0 Å². The molecule has 0 aliphatic rings. The summed E-state index contributed by atoms with van der Waals surface area (Å²) in [5.41, 5.74) is 1.98. The lowest BCUT2D eigenvalue weighted by Crippen LogP contribution is -1.96. The SMILES string of the molecule is O=C(O)c1[nH]c2ccc(OCc3ccccc3)cc2c1Br. The van der Waals surface area contributed by atoms with Crippen molar-refractivity contribution in [3.05, 3.63) is 64.3 Å². The standard InChI is InChI=1S/C16H12BrNO3/c17-14-12-8-11(21-9-10-4-2-1-3-5-10)6-7-13(12)18-15(14)16(19)20/h1-8,18H,9H2,(H,19,20). The van der Waals surface area contributed by atoms with E-state index in [0.29, 0.717) is 16.8 Å². The highest BCUT2D eigenvalue weighted by Crippen LogP contribution is 2.31. The zero-order chi connectivity index (χ0) is 14.8. The molecule has 1 aromatic heterocycles. The second-order valence-electron chi connectivity index (χ2n) is 4.60. The fourth-order valence-corrected chi connectivity index (χ4v) is 2.71. The van der Waals surface area contributed by atoms with Crippen molar-refractivity contribution in [2.45, 2.75) is 6.61 Å². The molecule has 0 saturated heterocycles. The van der Waals surface area contributed by atoms with Crippen LogP contribution in [0, 0.1) is 0 Å².